The number of carbonyl (C=O) groups excluding carboxylic acids is 2. The minimum absolute atomic E-state index is 0.0187. The Balaban J connectivity index is 1.66. The van der Waals surface area contributed by atoms with Gasteiger partial charge in [0.2, 0.25) is 10.2 Å². The Labute approximate surface area is 135 Å². The van der Waals surface area contributed by atoms with Gasteiger partial charge in [-0.05, 0) is 12.8 Å². The van der Waals surface area contributed by atoms with Crippen LogP contribution >= 0.6 is 34.7 Å². The van der Waals surface area contributed by atoms with E-state index in [1.54, 1.807) is 7.05 Å². The Morgan fingerprint density at radius 3 is 2.81 bits per heavy atom. The van der Waals surface area contributed by atoms with Gasteiger partial charge in [0.05, 0.1) is 0 Å². The predicted octanol–water partition coefficient (Wildman–Crippen LogP) is 1.98. The van der Waals surface area contributed by atoms with E-state index < -0.39 is 6.04 Å². The van der Waals surface area contributed by atoms with Crippen LogP contribution in [0.25, 0.3) is 0 Å². The van der Waals surface area contributed by atoms with Gasteiger partial charge in [-0.2, -0.15) is 0 Å². The van der Waals surface area contributed by atoms with E-state index in [2.05, 4.69) is 15.5 Å². The summed E-state index contributed by atoms with van der Waals surface area (Å²) in [5.41, 5.74) is -0.118. The molecule has 2 heterocycles. The van der Waals surface area contributed by atoms with Crippen LogP contribution in [0.5, 0.6) is 0 Å². The summed E-state index contributed by atoms with van der Waals surface area (Å²) in [5, 5.41) is 12.4. The lowest BCUT2D eigenvalue weighted by molar-refractivity contribution is -0.112. The van der Waals surface area contributed by atoms with E-state index in [9.17, 15) is 9.59 Å². The Kier molecular flexibility index (Phi) is 3.87. The summed E-state index contributed by atoms with van der Waals surface area (Å²) in [6, 6.07) is -0.729. The highest BCUT2D eigenvalue weighted by atomic mass is 35.5. The third kappa shape index (κ3) is 2.76. The molecular weight excluding hydrogens is 332 g/mol. The molecule has 2 amide bonds. The predicted molar refractivity (Wildman–Crippen MR) is 84.3 cm³/mol. The molecule has 21 heavy (non-hydrogen) atoms. The number of halogens is 1. The zero-order valence-corrected chi connectivity index (χ0v) is 14.0. The van der Waals surface area contributed by atoms with Crippen molar-refractivity contribution in [3.63, 3.8) is 0 Å². The molecule has 3 unspecified atom stereocenters. The molecule has 0 bridgehead atoms. The van der Waals surface area contributed by atoms with Crippen molar-refractivity contribution >= 4 is 51.0 Å². The highest BCUT2D eigenvalue weighted by molar-refractivity contribution is 8.14. The van der Waals surface area contributed by atoms with Crippen molar-refractivity contribution in [2.45, 2.75) is 36.6 Å². The summed E-state index contributed by atoms with van der Waals surface area (Å²) in [5.74, 6) is 0.756. The zero-order valence-electron chi connectivity index (χ0n) is 11.6. The van der Waals surface area contributed by atoms with Crippen LogP contribution in [0, 0.1) is 0 Å². The monoisotopic (exact) mass is 346 g/mol. The second kappa shape index (κ2) is 5.40. The quantitative estimate of drug-likeness (QED) is 0.847. The standard InChI is InChI=1S/C12H15ClN4O2S2/c1-12(5-7(12)13)9-15-16-11(21-9)17(2)10(19)14-6-3-4-20-8(6)18/h6-7H,3-5H2,1-2H3,(H,14,19). The fraction of sp³-hybridized carbons (Fsp3) is 0.667. The van der Waals surface area contributed by atoms with Crippen molar-refractivity contribution in [1.29, 1.82) is 0 Å². The average molecular weight is 347 g/mol. The first kappa shape index (κ1) is 15.1. The molecule has 0 aromatic carbocycles. The van der Waals surface area contributed by atoms with Gasteiger partial charge in [-0.25, -0.2) is 4.79 Å². The van der Waals surface area contributed by atoms with Gasteiger partial charge in [0, 0.05) is 23.6 Å². The summed E-state index contributed by atoms with van der Waals surface area (Å²) in [7, 11) is 1.62. The highest BCUT2D eigenvalue weighted by Gasteiger charge is 2.53. The van der Waals surface area contributed by atoms with E-state index in [0.29, 0.717) is 11.6 Å². The van der Waals surface area contributed by atoms with E-state index in [4.69, 9.17) is 11.6 Å². The Bertz CT molecular complexity index is 596. The Morgan fingerprint density at radius 1 is 1.52 bits per heavy atom. The lowest BCUT2D eigenvalue weighted by atomic mass is 10.2. The van der Waals surface area contributed by atoms with Crippen molar-refractivity contribution in [3.05, 3.63) is 5.01 Å². The number of carbonyl (C=O) groups is 2. The molecule has 1 N–H and O–H groups in total. The number of thioether (sulfide) groups is 1. The molecule has 1 saturated heterocycles. The van der Waals surface area contributed by atoms with Crippen LogP contribution in [0.3, 0.4) is 0 Å². The van der Waals surface area contributed by atoms with Crippen molar-refractivity contribution < 1.29 is 9.59 Å². The van der Waals surface area contributed by atoms with Crippen LogP contribution in [0.1, 0.15) is 24.8 Å². The molecule has 3 atom stereocenters. The summed E-state index contributed by atoms with van der Waals surface area (Å²) in [6.07, 6.45) is 1.56. The molecule has 1 aromatic rings. The number of anilines is 1. The second-order valence-electron chi connectivity index (χ2n) is 5.50. The lowest BCUT2D eigenvalue weighted by Gasteiger charge is -2.17. The highest BCUT2D eigenvalue weighted by Crippen LogP contribution is 2.53. The largest absolute Gasteiger partial charge is 0.327 e. The molecule has 0 radical (unpaired) electrons. The third-order valence-electron chi connectivity index (χ3n) is 3.86. The summed E-state index contributed by atoms with van der Waals surface area (Å²) in [4.78, 5) is 25.1. The lowest BCUT2D eigenvalue weighted by Crippen LogP contribution is -2.44. The first-order valence-electron chi connectivity index (χ1n) is 6.61. The number of nitrogens with zero attached hydrogens (tertiary/aromatic N) is 3. The maximum absolute atomic E-state index is 12.2. The van der Waals surface area contributed by atoms with Gasteiger partial charge in [0.15, 0.2) is 0 Å². The molecule has 1 aliphatic carbocycles. The maximum atomic E-state index is 12.2. The molecule has 1 aromatic heterocycles. The summed E-state index contributed by atoms with van der Waals surface area (Å²) in [6.45, 7) is 2.05. The van der Waals surface area contributed by atoms with Gasteiger partial charge in [-0.1, -0.05) is 30.0 Å². The maximum Gasteiger partial charge on any atom is 0.324 e. The third-order valence-corrected chi connectivity index (χ3v) is 6.79. The normalized spacial score (nSPS) is 31.3. The van der Waals surface area contributed by atoms with E-state index in [-0.39, 0.29) is 21.9 Å². The summed E-state index contributed by atoms with van der Waals surface area (Å²) >= 11 is 8.74. The van der Waals surface area contributed by atoms with Gasteiger partial charge in [0.1, 0.15) is 11.0 Å². The molecule has 3 rings (SSSR count). The van der Waals surface area contributed by atoms with Crippen LogP contribution in [-0.2, 0) is 10.2 Å². The fourth-order valence-electron chi connectivity index (χ4n) is 2.08. The molecule has 6 nitrogen and oxygen atoms in total. The number of rotatable bonds is 3. The number of urea groups is 1. The Morgan fingerprint density at radius 2 is 2.24 bits per heavy atom. The number of amides is 2. The molecule has 1 saturated carbocycles. The molecular formula is C12H15ClN4O2S2. The SMILES string of the molecule is CN(C(=O)NC1CCSC1=O)c1nnc(C2(C)CC2Cl)s1. The molecule has 9 heteroatoms. The van der Waals surface area contributed by atoms with Crippen LogP contribution in [0.15, 0.2) is 0 Å². The minimum atomic E-state index is -0.398. The van der Waals surface area contributed by atoms with Crippen molar-refractivity contribution in [1.82, 2.24) is 15.5 Å². The summed E-state index contributed by atoms with van der Waals surface area (Å²) < 4.78 is 0. The first-order valence-corrected chi connectivity index (χ1v) is 8.84. The first-order chi connectivity index (χ1) is 9.91. The van der Waals surface area contributed by atoms with Crippen LogP contribution in [0.2, 0.25) is 0 Å². The van der Waals surface area contributed by atoms with Crippen LogP contribution in [0.4, 0.5) is 9.93 Å². The van der Waals surface area contributed by atoms with E-state index in [0.717, 1.165) is 17.2 Å². The molecule has 114 valence electrons. The fourth-order valence-corrected chi connectivity index (χ4v) is 4.51. The van der Waals surface area contributed by atoms with Crippen LogP contribution in [-0.4, -0.2) is 45.6 Å². The van der Waals surface area contributed by atoms with Gasteiger partial charge in [0.25, 0.3) is 0 Å². The smallest absolute Gasteiger partial charge is 0.324 e. The van der Waals surface area contributed by atoms with Gasteiger partial charge >= 0.3 is 6.03 Å². The Hall–Kier alpha value is -0.860. The molecule has 1 aliphatic heterocycles. The van der Waals surface area contributed by atoms with Gasteiger partial charge in [-0.15, -0.1) is 21.8 Å². The van der Waals surface area contributed by atoms with Gasteiger partial charge in [-0.3, -0.25) is 9.69 Å². The number of hydrogen-bond acceptors (Lipinski definition) is 6. The van der Waals surface area contributed by atoms with E-state index in [1.807, 2.05) is 6.92 Å². The van der Waals surface area contributed by atoms with Gasteiger partial charge < -0.3 is 5.32 Å². The van der Waals surface area contributed by atoms with E-state index >= 15 is 0 Å². The topological polar surface area (TPSA) is 75.2 Å². The molecule has 2 fully saturated rings. The number of nitrogens with one attached hydrogen (secondary N) is 1. The van der Waals surface area contributed by atoms with Crippen molar-refractivity contribution in [2.24, 2.45) is 0 Å². The second-order valence-corrected chi connectivity index (χ2v) is 8.08. The number of hydrogen-bond donors (Lipinski definition) is 1. The van der Waals surface area contributed by atoms with E-state index in [1.165, 1.54) is 28.0 Å². The number of aromatic nitrogens is 2. The minimum Gasteiger partial charge on any atom is -0.327 e. The molecule has 2 aliphatic rings. The molecule has 0 spiro atoms. The van der Waals surface area contributed by atoms with Crippen LogP contribution < -0.4 is 10.2 Å². The van der Waals surface area contributed by atoms with Crippen molar-refractivity contribution in [3.8, 4) is 0 Å². The number of alkyl halides is 1. The van der Waals surface area contributed by atoms with Crippen molar-refractivity contribution in [2.75, 3.05) is 17.7 Å². The zero-order chi connectivity index (χ0) is 15.2. The average Bonchev–Trinajstić information content (AvgIpc) is 2.88.